The lowest BCUT2D eigenvalue weighted by Crippen LogP contribution is -2.48. The number of fused-ring (bicyclic) bond motifs is 4. The number of aliphatic hydroxyl groups is 2. The van der Waals surface area contributed by atoms with Crippen LogP contribution < -0.4 is 0 Å². The summed E-state index contributed by atoms with van der Waals surface area (Å²) < 4.78 is 12.0. The van der Waals surface area contributed by atoms with Gasteiger partial charge in [-0.3, -0.25) is 0 Å². The van der Waals surface area contributed by atoms with Gasteiger partial charge >= 0.3 is 0 Å². The fourth-order valence-corrected chi connectivity index (χ4v) is 10.2. The average molecular weight is 451 g/mol. The molecule has 0 bridgehead atoms. The second-order valence-electron chi connectivity index (χ2n) is 12.7. The average Bonchev–Trinajstić information content (AvgIpc) is 3.19. The van der Waals surface area contributed by atoms with Crippen molar-refractivity contribution in [3.63, 3.8) is 0 Å². The van der Waals surface area contributed by atoms with Crippen LogP contribution >= 0.6 is 0 Å². The number of methoxy groups -OCH3 is 2. The van der Waals surface area contributed by atoms with E-state index in [9.17, 15) is 10.2 Å². The second kappa shape index (κ2) is 8.81. The third-order valence-corrected chi connectivity index (χ3v) is 12.4. The van der Waals surface area contributed by atoms with Crippen molar-refractivity contribution in [1.29, 1.82) is 0 Å². The first-order valence-electron chi connectivity index (χ1n) is 13.5. The first-order chi connectivity index (χ1) is 15.2. The van der Waals surface area contributed by atoms with E-state index in [2.05, 4.69) is 34.6 Å². The molecule has 0 radical (unpaired) electrons. The van der Waals surface area contributed by atoms with E-state index < -0.39 is 0 Å². The summed E-state index contributed by atoms with van der Waals surface area (Å²) in [6.07, 6.45) is 8.48. The molecular formula is C28H50O4. The van der Waals surface area contributed by atoms with Crippen molar-refractivity contribution in [2.45, 2.75) is 91.8 Å². The molecule has 12 unspecified atom stereocenters. The molecule has 0 aromatic rings. The van der Waals surface area contributed by atoms with Gasteiger partial charge in [-0.15, -0.1) is 0 Å². The van der Waals surface area contributed by atoms with Crippen molar-refractivity contribution >= 4 is 0 Å². The molecular weight excluding hydrogens is 400 g/mol. The molecule has 0 aromatic heterocycles. The Morgan fingerprint density at radius 3 is 1.72 bits per heavy atom. The molecule has 4 fully saturated rings. The van der Waals surface area contributed by atoms with Crippen molar-refractivity contribution in [3.8, 4) is 0 Å². The van der Waals surface area contributed by atoms with Gasteiger partial charge in [-0.1, -0.05) is 47.5 Å². The minimum absolute atomic E-state index is 0.180. The molecule has 4 aliphatic carbocycles. The van der Waals surface area contributed by atoms with Gasteiger partial charge in [-0.25, -0.2) is 0 Å². The van der Waals surface area contributed by atoms with Crippen LogP contribution in [0.3, 0.4) is 0 Å². The Morgan fingerprint density at radius 2 is 1.25 bits per heavy atom. The fourth-order valence-electron chi connectivity index (χ4n) is 10.2. The van der Waals surface area contributed by atoms with Gasteiger partial charge in [0.05, 0.1) is 12.2 Å². The topological polar surface area (TPSA) is 58.9 Å². The number of hydrogen-bond donors (Lipinski definition) is 2. The Bertz CT molecular complexity index is 656. The quantitative estimate of drug-likeness (QED) is 0.587. The van der Waals surface area contributed by atoms with E-state index in [0.29, 0.717) is 45.8 Å². The molecule has 0 heterocycles. The van der Waals surface area contributed by atoms with Crippen LogP contribution in [0.15, 0.2) is 0 Å². The summed E-state index contributed by atoms with van der Waals surface area (Å²) in [5.41, 5.74) is 0.928. The SMILES string of the molecule is CCC1(C)CC2(C3CC(CO)C(CO)CC31)C1CC(OC)C(OC)CC1C(C)(CC)C2C. The highest BCUT2D eigenvalue weighted by Gasteiger charge is 2.73. The fraction of sp³-hybridized carbons (Fsp3) is 1.00. The van der Waals surface area contributed by atoms with E-state index in [-0.39, 0.29) is 37.3 Å². The number of ether oxygens (including phenoxy) is 2. The highest BCUT2D eigenvalue weighted by molar-refractivity contribution is 5.21. The summed E-state index contributed by atoms with van der Waals surface area (Å²) in [6, 6.07) is 0. The summed E-state index contributed by atoms with van der Waals surface area (Å²) >= 11 is 0. The maximum Gasteiger partial charge on any atom is 0.0835 e. The van der Waals surface area contributed by atoms with Crippen molar-refractivity contribution < 1.29 is 19.7 Å². The molecule has 0 amide bonds. The summed E-state index contributed by atoms with van der Waals surface area (Å²) in [6.45, 7) is 12.9. The number of aliphatic hydroxyl groups excluding tert-OH is 2. The minimum atomic E-state index is 0.180. The van der Waals surface area contributed by atoms with Crippen molar-refractivity contribution in [2.75, 3.05) is 27.4 Å². The van der Waals surface area contributed by atoms with Crippen molar-refractivity contribution in [3.05, 3.63) is 0 Å². The van der Waals surface area contributed by atoms with Gasteiger partial charge in [-0.05, 0) is 89.8 Å². The molecule has 4 saturated carbocycles. The normalized spacial score (nSPS) is 55.2. The third kappa shape index (κ3) is 3.22. The monoisotopic (exact) mass is 450 g/mol. The Morgan fingerprint density at radius 1 is 0.750 bits per heavy atom. The Hall–Kier alpha value is -0.160. The molecule has 32 heavy (non-hydrogen) atoms. The zero-order chi connectivity index (χ0) is 23.5. The van der Waals surface area contributed by atoms with Crippen LogP contribution in [0.2, 0.25) is 0 Å². The smallest absolute Gasteiger partial charge is 0.0835 e. The number of rotatable bonds is 6. The minimum Gasteiger partial charge on any atom is -0.396 e. The van der Waals surface area contributed by atoms with Gasteiger partial charge in [0.25, 0.3) is 0 Å². The molecule has 1 spiro atoms. The van der Waals surface area contributed by atoms with Crippen LogP contribution in [0.25, 0.3) is 0 Å². The highest BCUT2D eigenvalue weighted by Crippen LogP contribution is 2.78. The van der Waals surface area contributed by atoms with Gasteiger partial charge in [0.1, 0.15) is 0 Å². The predicted octanol–water partition coefficient (Wildman–Crippen LogP) is 5.16. The molecule has 4 nitrogen and oxygen atoms in total. The summed E-state index contributed by atoms with van der Waals surface area (Å²) in [5, 5.41) is 20.4. The molecule has 4 aliphatic rings. The van der Waals surface area contributed by atoms with E-state index in [1.54, 1.807) is 0 Å². The zero-order valence-corrected chi connectivity index (χ0v) is 21.8. The maximum atomic E-state index is 10.3. The predicted molar refractivity (Wildman–Crippen MR) is 128 cm³/mol. The number of hydrogen-bond acceptors (Lipinski definition) is 4. The van der Waals surface area contributed by atoms with E-state index in [1.807, 2.05) is 14.2 Å². The Kier molecular flexibility index (Phi) is 6.87. The standard InChI is InChI=1S/C28H50O4/c1-8-26(4)16-28(22-11-19(15-30)18(14-29)10-20(22)26)17(3)27(5,9-2)21-12-24(31-6)25(32-7)13-23(21)28/h17-25,29-30H,8-16H2,1-7H3. The van der Waals surface area contributed by atoms with E-state index >= 15 is 0 Å². The first kappa shape index (κ1) is 24.9. The molecule has 4 heteroatoms. The van der Waals surface area contributed by atoms with Crippen LogP contribution in [-0.2, 0) is 9.47 Å². The van der Waals surface area contributed by atoms with Crippen molar-refractivity contribution in [2.24, 2.45) is 57.7 Å². The highest BCUT2D eigenvalue weighted by atomic mass is 16.5. The molecule has 186 valence electrons. The van der Waals surface area contributed by atoms with Crippen LogP contribution in [0.5, 0.6) is 0 Å². The van der Waals surface area contributed by atoms with Gasteiger partial charge in [0, 0.05) is 27.4 Å². The maximum absolute atomic E-state index is 10.3. The lowest BCUT2D eigenvalue weighted by atomic mass is 9.55. The van der Waals surface area contributed by atoms with E-state index in [1.165, 1.54) is 19.3 Å². The first-order valence-corrected chi connectivity index (χ1v) is 13.5. The van der Waals surface area contributed by atoms with Crippen LogP contribution in [0, 0.1) is 57.7 Å². The summed E-state index contributed by atoms with van der Waals surface area (Å²) in [5.74, 6) is 3.75. The Labute approximate surface area is 196 Å². The Balaban J connectivity index is 1.82. The van der Waals surface area contributed by atoms with Gasteiger partial charge < -0.3 is 19.7 Å². The third-order valence-electron chi connectivity index (χ3n) is 12.4. The van der Waals surface area contributed by atoms with Gasteiger partial charge in [0.2, 0.25) is 0 Å². The molecule has 0 aromatic carbocycles. The van der Waals surface area contributed by atoms with E-state index in [0.717, 1.165) is 25.7 Å². The molecule has 2 N–H and O–H groups in total. The largest absolute Gasteiger partial charge is 0.396 e. The molecule has 0 aliphatic heterocycles. The van der Waals surface area contributed by atoms with Crippen LogP contribution in [0.1, 0.15) is 79.6 Å². The zero-order valence-electron chi connectivity index (χ0n) is 21.8. The molecule has 4 rings (SSSR count). The molecule has 0 saturated heterocycles. The lowest BCUT2D eigenvalue weighted by Gasteiger charge is -2.50. The van der Waals surface area contributed by atoms with Gasteiger partial charge in [-0.2, -0.15) is 0 Å². The van der Waals surface area contributed by atoms with Crippen molar-refractivity contribution in [1.82, 2.24) is 0 Å². The van der Waals surface area contributed by atoms with E-state index in [4.69, 9.17) is 9.47 Å². The molecule has 12 atom stereocenters. The second-order valence-corrected chi connectivity index (χ2v) is 12.7. The summed E-state index contributed by atoms with van der Waals surface area (Å²) in [4.78, 5) is 0. The van der Waals surface area contributed by atoms with Gasteiger partial charge in [0.15, 0.2) is 0 Å². The summed E-state index contributed by atoms with van der Waals surface area (Å²) in [7, 11) is 3.72. The van der Waals surface area contributed by atoms with Crippen LogP contribution in [-0.4, -0.2) is 49.9 Å². The van der Waals surface area contributed by atoms with Crippen LogP contribution in [0.4, 0.5) is 0 Å². The lowest BCUT2D eigenvalue weighted by molar-refractivity contribution is -0.112.